The maximum atomic E-state index is 13.5. The van der Waals surface area contributed by atoms with Crippen molar-refractivity contribution in [2.45, 2.75) is 51.4 Å². The third-order valence-electron chi connectivity index (χ3n) is 9.58. The van der Waals surface area contributed by atoms with Gasteiger partial charge >= 0.3 is 0 Å². The maximum Gasteiger partial charge on any atom is 0.230 e. The minimum atomic E-state index is -0.477. The zero-order valence-electron chi connectivity index (χ0n) is 25.5. The molecular weight excluding hydrogens is 557 g/mol. The Labute approximate surface area is 256 Å². The fourth-order valence-electron chi connectivity index (χ4n) is 6.93. The lowest BCUT2D eigenvalue weighted by Gasteiger charge is -2.33. The third kappa shape index (κ3) is 5.29. The topological polar surface area (TPSA) is 74.3 Å². The van der Waals surface area contributed by atoms with Crippen molar-refractivity contribution in [3.8, 4) is 17.3 Å². The van der Waals surface area contributed by atoms with Gasteiger partial charge in [0.05, 0.1) is 54.0 Å². The van der Waals surface area contributed by atoms with Crippen LogP contribution >= 0.6 is 0 Å². The fraction of sp³-hybridized carbons (Fsp3) is 0.471. The summed E-state index contributed by atoms with van der Waals surface area (Å²) in [4.78, 5) is 11.5. The molecule has 1 N–H and O–H groups in total. The second-order valence-corrected chi connectivity index (χ2v) is 12.9. The average molecular weight is 598 g/mol. The van der Waals surface area contributed by atoms with Crippen LogP contribution in [0.5, 0.6) is 5.75 Å². The summed E-state index contributed by atoms with van der Waals surface area (Å²) in [7, 11) is 2.14. The first-order chi connectivity index (χ1) is 21.5. The molecule has 1 saturated heterocycles. The minimum absolute atomic E-state index is 0.0531. The SMILES string of the molecule is CC(COc1cccc2cc(-c3nc4cc5c(cc4n3C)CCN(C[C@H]3COCCN3)C5)n(CC3CC3)c12)n1cnc(F)c1. The summed E-state index contributed by atoms with van der Waals surface area (Å²) in [6, 6.07) is 13.5. The lowest BCUT2D eigenvalue weighted by atomic mass is 9.98. The molecule has 1 aliphatic carbocycles. The van der Waals surface area contributed by atoms with Crippen LogP contribution in [0.1, 0.15) is 36.9 Å². The molecule has 3 aromatic heterocycles. The van der Waals surface area contributed by atoms with Crippen molar-refractivity contribution < 1.29 is 13.9 Å². The quantitative estimate of drug-likeness (QED) is 0.260. The van der Waals surface area contributed by atoms with Crippen LogP contribution in [0.4, 0.5) is 4.39 Å². The first-order valence-corrected chi connectivity index (χ1v) is 16.0. The molecule has 1 saturated carbocycles. The molecular formula is C34H40FN7O2. The third-order valence-corrected chi connectivity index (χ3v) is 9.58. The van der Waals surface area contributed by atoms with Crippen molar-refractivity contribution >= 4 is 21.9 Å². The van der Waals surface area contributed by atoms with E-state index in [1.165, 1.54) is 42.0 Å². The molecule has 8 rings (SSSR count). The normalized spacial score (nSPS) is 19.9. The number of ether oxygens (including phenoxy) is 2. The Morgan fingerprint density at radius 1 is 1.16 bits per heavy atom. The lowest BCUT2D eigenvalue weighted by Crippen LogP contribution is -2.49. The molecule has 0 radical (unpaired) electrons. The highest BCUT2D eigenvalue weighted by Gasteiger charge is 2.28. The van der Waals surface area contributed by atoms with Gasteiger partial charge in [0.15, 0.2) is 5.82 Å². The van der Waals surface area contributed by atoms with Crippen molar-refractivity contribution in [2.75, 3.05) is 39.5 Å². The molecule has 1 unspecified atom stereocenters. The number of benzene rings is 2. The smallest absolute Gasteiger partial charge is 0.230 e. The number of halogens is 1. The van der Waals surface area contributed by atoms with Gasteiger partial charge in [-0.25, -0.2) is 9.97 Å². The number of aryl methyl sites for hydroxylation is 1. The Bertz CT molecular complexity index is 1810. The van der Waals surface area contributed by atoms with Crippen molar-refractivity contribution in [1.82, 2.24) is 33.9 Å². The van der Waals surface area contributed by atoms with E-state index in [-0.39, 0.29) is 6.04 Å². The summed E-state index contributed by atoms with van der Waals surface area (Å²) in [5, 5.41) is 4.74. The molecule has 5 heterocycles. The highest BCUT2D eigenvalue weighted by atomic mass is 19.1. The van der Waals surface area contributed by atoms with Gasteiger partial charge in [-0.3, -0.25) is 4.90 Å². The van der Waals surface area contributed by atoms with E-state index < -0.39 is 5.95 Å². The second kappa shape index (κ2) is 11.3. The minimum Gasteiger partial charge on any atom is -0.489 e. The van der Waals surface area contributed by atoms with Gasteiger partial charge in [-0.05, 0) is 67.5 Å². The summed E-state index contributed by atoms with van der Waals surface area (Å²) < 4.78 is 32.1. The standard InChI is InChI=1S/C34H40FN7O2/c1-22(41-18-32(35)37-21-41)19-44-31-5-3-4-25-14-30(42(33(25)31)15-23-6-7-23)34-38-28-12-26-16-40(17-27-20-43-11-9-36-27)10-8-24(26)13-29(28)39(34)2/h3-5,12-14,18,21-23,27,36H,6-11,15-17,19-20H2,1-2H3/t22?,27-/m0/s1. The summed E-state index contributed by atoms with van der Waals surface area (Å²) in [6.45, 7) is 8.91. The van der Waals surface area contributed by atoms with Gasteiger partial charge < -0.3 is 28.5 Å². The maximum absolute atomic E-state index is 13.5. The van der Waals surface area contributed by atoms with Crippen molar-refractivity contribution in [2.24, 2.45) is 13.0 Å². The van der Waals surface area contributed by atoms with Gasteiger partial charge in [0.2, 0.25) is 5.95 Å². The van der Waals surface area contributed by atoms with Crippen molar-refractivity contribution in [3.05, 3.63) is 66.0 Å². The predicted octanol–water partition coefficient (Wildman–Crippen LogP) is 4.93. The number of rotatable bonds is 9. The molecule has 0 amide bonds. The Kier molecular flexibility index (Phi) is 7.15. The van der Waals surface area contributed by atoms with E-state index in [1.54, 1.807) is 4.57 Å². The molecule has 230 valence electrons. The summed E-state index contributed by atoms with van der Waals surface area (Å²) >= 11 is 0. The largest absolute Gasteiger partial charge is 0.489 e. The Hall–Kier alpha value is -3.73. The average Bonchev–Trinajstić information content (AvgIpc) is 3.50. The first-order valence-electron chi connectivity index (χ1n) is 16.0. The molecule has 0 bridgehead atoms. The van der Waals surface area contributed by atoms with Gasteiger partial charge in [0, 0.05) is 51.2 Å². The highest BCUT2D eigenvalue weighted by molar-refractivity contribution is 5.92. The molecule has 2 fully saturated rings. The number of aromatic nitrogens is 5. The highest BCUT2D eigenvalue weighted by Crippen LogP contribution is 2.39. The van der Waals surface area contributed by atoms with Gasteiger partial charge in [-0.2, -0.15) is 4.39 Å². The van der Waals surface area contributed by atoms with E-state index >= 15 is 0 Å². The number of hydrogen-bond acceptors (Lipinski definition) is 6. The predicted molar refractivity (Wildman–Crippen MR) is 168 cm³/mol. The van der Waals surface area contributed by atoms with Crippen molar-refractivity contribution in [1.29, 1.82) is 0 Å². The monoisotopic (exact) mass is 597 g/mol. The molecule has 44 heavy (non-hydrogen) atoms. The van der Waals surface area contributed by atoms with Crippen LogP contribution in [0.25, 0.3) is 33.5 Å². The zero-order valence-corrected chi connectivity index (χ0v) is 25.5. The molecule has 2 atom stereocenters. The van der Waals surface area contributed by atoms with Crippen LogP contribution in [0.3, 0.4) is 0 Å². The van der Waals surface area contributed by atoms with Gasteiger partial charge in [0.1, 0.15) is 12.4 Å². The van der Waals surface area contributed by atoms with Crippen LogP contribution in [-0.2, 0) is 31.3 Å². The van der Waals surface area contributed by atoms with E-state index in [0.717, 1.165) is 86.0 Å². The number of nitrogens with one attached hydrogen (secondary N) is 1. The van der Waals surface area contributed by atoms with E-state index in [9.17, 15) is 4.39 Å². The Morgan fingerprint density at radius 3 is 2.86 bits per heavy atom. The number of nitrogens with zero attached hydrogens (tertiary/aromatic N) is 6. The van der Waals surface area contributed by atoms with Crippen LogP contribution in [-0.4, -0.2) is 74.1 Å². The van der Waals surface area contributed by atoms with Crippen LogP contribution in [0.15, 0.2) is 48.9 Å². The van der Waals surface area contributed by atoms with E-state index in [0.29, 0.717) is 18.6 Å². The van der Waals surface area contributed by atoms with Gasteiger partial charge in [-0.15, -0.1) is 0 Å². The Morgan fingerprint density at radius 2 is 2.07 bits per heavy atom. The van der Waals surface area contributed by atoms with Crippen LogP contribution < -0.4 is 10.1 Å². The van der Waals surface area contributed by atoms with Crippen LogP contribution in [0.2, 0.25) is 0 Å². The fourth-order valence-corrected chi connectivity index (χ4v) is 6.93. The summed E-state index contributed by atoms with van der Waals surface area (Å²) in [6.07, 6.45) is 6.47. The van der Waals surface area contributed by atoms with E-state index in [1.807, 2.05) is 19.1 Å². The van der Waals surface area contributed by atoms with Gasteiger partial charge in [-0.1, -0.05) is 12.1 Å². The molecule has 2 aliphatic heterocycles. The molecule has 9 nitrogen and oxygen atoms in total. The van der Waals surface area contributed by atoms with E-state index in [4.69, 9.17) is 14.5 Å². The van der Waals surface area contributed by atoms with Gasteiger partial charge in [0.25, 0.3) is 0 Å². The molecule has 2 aromatic carbocycles. The Balaban J connectivity index is 1.12. The zero-order chi connectivity index (χ0) is 29.8. The van der Waals surface area contributed by atoms with Crippen LogP contribution in [0, 0.1) is 11.9 Å². The number of para-hydroxylation sites is 1. The van der Waals surface area contributed by atoms with E-state index in [2.05, 4.69) is 55.6 Å². The molecule has 10 heteroatoms. The number of imidazole rings is 2. The second-order valence-electron chi connectivity index (χ2n) is 12.9. The lowest BCUT2D eigenvalue weighted by molar-refractivity contribution is 0.0598. The number of hydrogen-bond donors (Lipinski definition) is 1. The molecule has 5 aromatic rings. The number of fused-ring (bicyclic) bond motifs is 3. The number of morpholine rings is 1. The summed E-state index contributed by atoms with van der Waals surface area (Å²) in [5.74, 6) is 2.01. The van der Waals surface area contributed by atoms with Crippen molar-refractivity contribution in [3.63, 3.8) is 0 Å². The summed E-state index contributed by atoms with van der Waals surface area (Å²) in [5.41, 5.74) is 7.25. The first kappa shape index (κ1) is 27.8. The molecule has 3 aliphatic rings. The molecule has 0 spiro atoms.